The van der Waals surface area contributed by atoms with Gasteiger partial charge in [-0.25, -0.2) is 0 Å². The summed E-state index contributed by atoms with van der Waals surface area (Å²) in [4.78, 5) is 0. The van der Waals surface area contributed by atoms with Gasteiger partial charge in [0.15, 0.2) is 0 Å². The third-order valence-corrected chi connectivity index (χ3v) is 4.52. The average Bonchev–Trinajstić information content (AvgIpc) is 2.85. The molecule has 3 heteroatoms. The van der Waals surface area contributed by atoms with E-state index in [1.807, 2.05) is 6.92 Å². The third kappa shape index (κ3) is 3.67. The Labute approximate surface area is 105 Å². The predicted octanol–water partition coefficient (Wildman–Crippen LogP) is 1.66. The maximum absolute atomic E-state index is 9.64. The zero-order valence-electron chi connectivity index (χ0n) is 11.1. The first-order chi connectivity index (χ1) is 8.31. The monoisotopic (exact) mass is 240 g/mol. The Morgan fingerprint density at radius 2 is 2.12 bits per heavy atom. The van der Waals surface area contributed by atoms with Crippen molar-refractivity contribution in [3.8, 4) is 0 Å². The number of aliphatic hydroxyl groups excluding tert-OH is 1. The van der Waals surface area contributed by atoms with Gasteiger partial charge in [-0.3, -0.25) is 0 Å². The Morgan fingerprint density at radius 1 is 1.24 bits per heavy atom. The van der Waals surface area contributed by atoms with Crippen LogP contribution < -0.4 is 10.6 Å². The summed E-state index contributed by atoms with van der Waals surface area (Å²) in [5, 5.41) is 16.9. The standard InChI is InChI=1S/C14H28N2O/c1-2-11(17)10-16-14-8-5-6-12(14)13-7-3-4-9-15-13/h11-17H,2-10H2,1H3. The maximum atomic E-state index is 9.64. The van der Waals surface area contributed by atoms with Crippen LogP contribution in [0.25, 0.3) is 0 Å². The van der Waals surface area contributed by atoms with Crippen molar-refractivity contribution >= 4 is 0 Å². The third-order valence-electron chi connectivity index (χ3n) is 4.52. The van der Waals surface area contributed by atoms with Crippen LogP contribution in [0.5, 0.6) is 0 Å². The van der Waals surface area contributed by atoms with Gasteiger partial charge in [-0.05, 0) is 44.6 Å². The van der Waals surface area contributed by atoms with Crippen molar-refractivity contribution in [2.75, 3.05) is 13.1 Å². The first kappa shape index (κ1) is 13.3. The van der Waals surface area contributed by atoms with Gasteiger partial charge in [-0.15, -0.1) is 0 Å². The number of hydrogen-bond donors (Lipinski definition) is 3. The lowest BCUT2D eigenvalue weighted by Gasteiger charge is -2.33. The summed E-state index contributed by atoms with van der Waals surface area (Å²) in [6.07, 6.45) is 8.76. The predicted molar refractivity (Wildman–Crippen MR) is 71.1 cm³/mol. The first-order valence-electron chi connectivity index (χ1n) is 7.46. The fourth-order valence-electron chi connectivity index (χ4n) is 3.40. The molecule has 0 aromatic heterocycles. The fraction of sp³-hybridized carbons (Fsp3) is 1.00. The second-order valence-corrected chi connectivity index (χ2v) is 5.73. The van der Waals surface area contributed by atoms with Crippen LogP contribution in [-0.2, 0) is 0 Å². The van der Waals surface area contributed by atoms with Gasteiger partial charge in [0, 0.05) is 18.6 Å². The van der Waals surface area contributed by atoms with Gasteiger partial charge in [0.1, 0.15) is 0 Å². The Kier molecular flexibility index (Phi) is 5.26. The Morgan fingerprint density at radius 3 is 2.82 bits per heavy atom. The summed E-state index contributed by atoms with van der Waals surface area (Å²) in [5.41, 5.74) is 0. The summed E-state index contributed by atoms with van der Waals surface area (Å²) < 4.78 is 0. The van der Waals surface area contributed by atoms with Crippen LogP contribution in [0.2, 0.25) is 0 Å². The smallest absolute Gasteiger partial charge is 0.0662 e. The van der Waals surface area contributed by atoms with Crippen molar-refractivity contribution in [3.63, 3.8) is 0 Å². The van der Waals surface area contributed by atoms with Crippen LogP contribution in [0.3, 0.4) is 0 Å². The van der Waals surface area contributed by atoms with E-state index in [1.165, 1.54) is 45.1 Å². The second-order valence-electron chi connectivity index (χ2n) is 5.73. The second kappa shape index (κ2) is 6.72. The van der Waals surface area contributed by atoms with E-state index in [0.29, 0.717) is 6.04 Å². The summed E-state index contributed by atoms with van der Waals surface area (Å²) in [6, 6.07) is 1.36. The zero-order valence-corrected chi connectivity index (χ0v) is 11.1. The number of hydrogen-bond acceptors (Lipinski definition) is 3. The molecule has 3 N–H and O–H groups in total. The van der Waals surface area contributed by atoms with E-state index >= 15 is 0 Å². The van der Waals surface area contributed by atoms with Crippen LogP contribution in [0, 0.1) is 5.92 Å². The molecule has 0 amide bonds. The molecule has 0 aromatic rings. The van der Waals surface area contributed by atoms with Crippen LogP contribution >= 0.6 is 0 Å². The highest BCUT2D eigenvalue weighted by Crippen LogP contribution is 2.31. The van der Waals surface area contributed by atoms with Gasteiger partial charge < -0.3 is 15.7 Å². The summed E-state index contributed by atoms with van der Waals surface area (Å²) in [6.45, 7) is 4.01. The number of piperidine rings is 1. The fourth-order valence-corrected chi connectivity index (χ4v) is 3.40. The van der Waals surface area contributed by atoms with E-state index in [2.05, 4.69) is 10.6 Å². The highest BCUT2D eigenvalue weighted by atomic mass is 16.3. The molecule has 0 radical (unpaired) electrons. The molecule has 0 aromatic carbocycles. The molecule has 4 atom stereocenters. The SMILES string of the molecule is CCC(O)CNC1CCCC1C1CCCCN1. The van der Waals surface area contributed by atoms with Crippen LogP contribution in [0.15, 0.2) is 0 Å². The summed E-state index contributed by atoms with van der Waals surface area (Å²) in [7, 11) is 0. The van der Waals surface area contributed by atoms with Crippen molar-refractivity contribution in [1.82, 2.24) is 10.6 Å². The summed E-state index contributed by atoms with van der Waals surface area (Å²) in [5.74, 6) is 0.791. The van der Waals surface area contributed by atoms with Gasteiger partial charge >= 0.3 is 0 Å². The molecule has 1 heterocycles. The lowest BCUT2D eigenvalue weighted by Crippen LogP contribution is -2.48. The molecule has 17 heavy (non-hydrogen) atoms. The quantitative estimate of drug-likeness (QED) is 0.685. The first-order valence-corrected chi connectivity index (χ1v) is 7.46. The largest absolute Gasteiger partial charge is 0.392 e. The highest BCUT2D eigenvalue weighted by molar-refractivity contribution is 4.92. The number of rotatable bonds is 5. The number of nitrogens with one attached hydrogen (secondary N) is 2. The van der Waals surface area contributed by atoms with Crippen LogP contribution in [0.4, 0.5) is 0 Å². The van der Waals surface area contributed by atoms with Crippen molar-refractivity contribution in [3.05, 3.63) is 0 Å². The minimum absolute atomic E-state index is 0.171. The molecule has 3 nitrogen and oxygen atoms in total. The minimum Gasteiger partial charge on any atom is -0.392 e. The molecular weight excluding hydrogens is 212 g/mol. The molecular formula is C14H28N2O. The zero-order chi connectivity index (χ0) is 12.1. The van der Waals surface area contributed by atoms with Crippen LogP contribution in [-0.4, -0.2) is 36.4 Å². The molecule has 0 bridgehead atoms. The van der Waals surface area contributed by atoms with E-state index in [4.69, 9.17) is 0 Å². The van der Waals surface area contributed by atoms with E-state index < -0.39 is 0 Å². The van der Waals surface area contributed by atoms with Gasteiger partial charge in [-0.2, -0.15) is 0 Å². The molecule has 1 aliphatic heterocycles. The number of aliphatic hydroxyl groups is 1. The lowest BCUT2D eigenvalue weighted by atomic mass is 9.88. The van der Waals surface area contributed by atoms with Crippen molar-refractivity contribution in [2.45, 2.75) is 70.1 Å². The normalized spacial score (nSPS) is 36.0. The molecule has 1 aliphatic carbocycles. The van der Waals surface area contributed by atoms with E-state index in [-0.39, 0.29) is 6.10 Å². The topological polar surface area (TPSA) is 44.3 Å². The van der Waals surface area contributed by atoms with Gasteiger partial charge in [-0.1, -0.05) is 19.8 Å². The molecule has 2 fully saturated rings. The lowest BCUT2D eigenvalue weighted by molar-refractivity contribution is 0.154. The summed E-state index contributed by atoms with van der Waals surface area (Å²) >= 11 is 0. The van der Waals surface area contributed by atoms with Gasteiger partial charge in [0.2, 0.25) is 0 Å². The maximum Gasteiger partial charge on any atom is 0.0662 e. The highest BCUT2D eigenvalue weighted by Gasteiger charge is 2.33. The Balaban J connectivity index is 1.79. The molecule has 2 aliphatic rings. The van der Waals surface area contributed by atoms with Crippen molar-refractivity contribution < 1.29 is 5.11 Å². The van der Waals surface area contributed by atoms with E-state index in [0.717, 1.165) is 24.9 Å². The van der Waals surface area contributed by atoms with Crippen LogP contribution in [0.1, 0.15) is 51.9 Å². The molecule has 2 rings (SSSR count). The molecule has 100 valence electrons. The Bertz CT molecular complexity index is 216. The molecule has 4 unspecified atom stereocenters. The van der Waals surface area contributed by atoms with Crippen molar-refractivity contribution in [1.29, 1.82) is 0 Å². The van der Waals surface area contributed by atoms with E-state index in [1.54, 1.807) is 0 Å². The van der Waals surface area contributed by atoms with E-state index in [9.17, 15) is 5.11 Å². The minimum atomic E-state index is -0.171. The molecule has 0 spiro atoms. The molecule has 1 saturated carbocycles. The average molecular weight is 240 g/mol. The Hall–Kier alpha value is -0.120. The van der Waals surface area contributed by atoms with Gasteiger partial charge in [0.25, 0.3) is 0 Å². The van der Waals surface area contributed by atoms with Crippen molar-refractivity contribution in [2.24, 2.45) is 5.92 Å². The van der Waals surface area contributed by atoms with Gasteiger partial charge in [0.05, 0.1) is 6.10 Å². The molecule has 1 saturated heterocycles.